The Labute approximate surface area is 152 Å². The fourth-order valence-corrected chi connectivity index (χ4v) is 3.58. The summed E-state index contributed by atoms with van der Waals surface area (Å²) >= 11 is 1.32. The van der Waals surface area contributed by atoms with Gasteiger partial charge in [-0.1, -0.05) is 12.1 Å². The number of nitrogens with one attached hydrogen (secondary N) is 1. The first kappa shape index (κ1) is 18.9. The highest BCUT2D eigenvalue weighted by Gasteiger charge is 2.31. The zero-order valence-corrected chi connectivity index (χ0v) is 14.7. The molecule has 2 aromatic rings. The molecule has 0 saturated carbocycles. The molecule has 26 heavy (non-hydrogen) atoms. The molecule has 0 aliphatic carbocycles. The van der Waals surface area contributed by atoms with Crippen LogP contribution in [-0.2, 0) is 4.74 Å². The molecule has 1 aromatic heterocycles. The van der Waals surface area contributed by atoms with Crippen LogP contribution in [0.5, 0.6) is 5.75 Å². The summed E-state index contributed by atoms with van der Waals surface area (Å²) in [4.78, 5) is 12.8. The smallest absolute Gasteiger partial charge is 0.406 e. The Kier molecular flexibility index (Phi) is 5.95. The van der Waals surface area contributed by atoms with Crippen LogP contribution in [0.25, 0.3) is 11.1 Å². The Bertz CT molecular complexity index is 737. The Balaban J connectivity index is 1.55. The lowest BCUT2D eigenvalue weighted by Gasteiger charge is -2.09. The van der Waals surface area contributed by atoms with E-state index >= 15 is 0 Å². The van der Waals surface area contributed by atoms with Gasteiger partial charge < -0.3 is 14.8 Å². The van der Waals surface area contributed by atoms with Crippen LogP contribution in [0.15, 0.2) is 35.7 Å². The van der Waals surface area contributed by atoms with Crippen LogP contribution in [0.4, 0.5) is 13.2 Å². The number of benzene rings is 1. The first-order valence-corrected chi connectivity index (χ1v) is 9.09. The van der Waals surface area contributed by atoms with Crippen molar-refractivity contribution in [2.45, 2.75) is 25.3 Å². The summed E-state index contributed by atoms with van der Waals surface area (Å²) in [6.07, 6.45) is -2.46. The molecule has 0 amide bonds. The van der Waals surface area contributed by atoms with Gasteiger partial charge in [0.2, 0.25) is 0 Å². The number of ketones is 1. The summed E-state index contributed by atoms with van der Waals surface area (Å²) in [5, 5.41) is 4.93. The largest absolute Gasteiger partial charge is 0.573 e. The molecule has 1 aliphatic heterocycles. The van der Waals surface area contributed by atoms with E-state index in [0.717, 1.165) is 30.6 Å². The first-order chi connectivity index (χ1) is 12.4. The van der Waals surface area contributed by atoms with Crippen LogP contribution in [-0.4, -0.2) is 37.9 Å². The molecule has 1 unspecified atom stereocenters. The lowest BCUT2D eigenvalue weighted by molar-refractivity contribution is -0.274. The van der Waals surface area contributed by atoms with E-state index in [9.17, 15) is 18.0 Å². The molecule has 2 heterocycles. The summed E-state index contributed by atoms with van der Waals surface area (Å²) in [6, 6.07) is 7.33. The van der Waals surface area contributed by atoms with Crippen molar-refractivity contribution >= 4 is 17.1 Å². The number of halogens is 3. The second kappa shape index (κ2) is 8.20. The summed E-state index contributed by atoms with van der Waals surface area (Å²) in [7, 11) is 0. The lowest BCUT2D eigenvalue weighted by atomic mass is 10.1. The quantitative estimate of drug-likeness (QED) is 0.724. The minimum Gasteiger partial charge on any atom is -0.406 e. The van der Waals surface area contributed by atoms with Crippen LogP contribution in [0, 0.1) is 0 Å². The fraction of sp³-hybridized carbons (Fsp3) is 0.389. The molecule has 140 valence electrons. The zero-order chi connectivity index (χ0) is 18.6. The molecule has 0 bridgehead atoms. The normalized spacial score (nSPS) is 17.4. The average Bonchev–Trinajstić information content (AvgIpc) is 3.25. The monoisotopic (exact) mass is 385 g/mol. The van der Waals surface area contributed by atoms with Gasteiger partial charge in [0.25, 0.3) is 0 Å². The van der Waals surface area contributed by atoms with Gasteiger partial charge >= 0.3 is 6.36 Å². The highest BCUT2D eigenvalue weighted by Crippen LogP contribution is 2.29. The van der Waals surface area contributed by atoms with E-state index in [4.69, 9.17) is 4.74 Å². The van der Waals surface area contributed by atoms with Gasteiger partial charge in [-0.2, -0.15) is 0 Å². The molecule has 0 spiro atoms. The van der Waals surface area contributed by atoms with Gasteiger partial charge in [-0.15, -0.1) is 24.5 Å². The minimum atomic E-state index is -4.71. The van der Waals surface area contributed by atoms with E-state index in [1.165, 1.54) is 35.6 Å². The van der Waals surface area contributed by atoms with Crippen LogP contribution < -0.4 is 10.1 Å². The van der Waals surface area contributed by atoms with E-state index in [1.54, 1.807) is 6.07 Å². The van der Waals surface area contributed by atoms with E-state index in [0.29, 0.717) is 11.4 Å². The molecule has 3 rings (SSSR count). The third-order valence-corrected chi connectivity index (χ3v) is 4.95. The van der Waals surface area contributed by atoms with Gasteiger partial charge in [-0.25, -0.2) is 0 Å². The lowest BCUT2D eigenvalue weighted by Crippen LogP contribution is -2.30. The van der Waals surface area contributed by atoms with Crippen molar-refractivity contribution in [3.63, 3.8) is 0 Å². The molecule has 1 aromatic carbocycles. The molecule has 8 heteroatoms. The third kappa shape index (κ3) is 5.30. The molecule has 1 saturated heterocycles. The van der Waals surface area contributed by atoms with Gasteiger partial charge in [0.15, 0.2) is 5.78 Å². The predicted molar refractivity (Wildman–Crippen MR) is 92.6 cm³/mol. The Morgan fingerprint density at radius 3 is 2.69 bits per heavy atom. The maximum Gasteiger partial charge on any atom is 0.573 e. The van der Waals surface area contributed by atoms with Crippen molar-refractivity contribution in [2.24, 2.45) is 0 Å². The molecular weight excluding hydrogens is 367 g/mol. The van der Waals surface area contributed by atoms with Gasteiger partial charge in [0.05, 0.1) is 17.5 Å². The first-order valence-electron chi connectivity index (χ1n) is 8.21. The molecule has 1 atom stereocenters. The van der Waals surface area contributed by atoms with Crippen LogP contribution in [0.2, 0.25) is 0 Å². The summed E-state index contributed by atoms with van der Waals surface area (Å²) in [5.41, 5.74) is 1.51. The fourth-order valence-electron chi connectivity index (χ4n) is 2.72. The van der Waals surface area contributed by atoms with E-state index in [-0.39, 0.29) is 24.2 Å². The molecule has 1 N–H and O–H groups in total. The topological polar surface area (TPSA) is 47.6 Å². The Hall–Kier alpha value is -1.90. The number of hydrogen-bond acceptors (Lipinski definition) is 5. The number of alkyl halides is 3. The predicted octanol–water partition coefficient (Wildman–Crippen LogP) is 4.27. The van der Waals surface area contributed by atoms with Crippen molar-refractivity contribution in [3.8, 4) is 16.9 Å². The standard InChI is InChI=1S/C18H18F3NO3S/c19-18(20,21)25-14-5-3-12(4-6-14)13-8-17(26-11-13)16(23)10-22-9-15-2-1-7-24-15/h3-6,8,11,15,22H,1-2,7,9-10H2. The van der Waals surface area contributed by atoms with Crippen molar-refractivity contribution in [3.05, 3.63) is 40.6 Å². The van der Waals surface area contributed by atoms with Crippen molar-refractivity contribution < 1.29 is 27.4 Å². The number of carbonyl (C=O) groups is 1. The number of Topliss-reactive ketones (excluding diaryl/α,β-unsaturated/α-hetero) is 1. The molecule has 4 nitrogen and oxygen atoms in total. The second-order valence-electron chi connectivity index (χ2n) is 5.96. The zero-order valence-electron chi connectivity index (χ0n) is 13.8. The SMILES string of the molecule is O=C(CNCC1CCCO1)c1cc(-c2ccc(OC(F)(F)F)cc2)cs1. The second-order valence-corrected chi connectivity index (χ2v) is 6.87. The molecule has 1 aliphatic rings. The maximum absolute atomic E-state index is 12.2. The number of ether oxygens (including phenoxy) is 2. The van der Waals surface area contributed by atoms with Gasteiger partial charge in [0.1, 0.15) is 5.75 Å². The van der Waals surface area contributed by atoms with Gasteiger partial charge in [-0.3, -0.25) is 4.79 Å². The molecule has 0 radical (unpaired) electrons. The molecule has 1 fully saturated rings. The average molecular weight is 385 g/mol. The van der Waals surface area contributed by atoms with Crippen LogP contribution >= 0.6 is 11.3 Å². The van der Waals surface area contributed by atoms with Crippen molar-refractivity contribution in [2.75, 3.05) is 19.7 Å². The summed E-state index contributed by atoms with van der Waals surface area (Å²) in [5.74, 6) is -0.289. The number of thiophene rings is 1. The molecular formula is C18H18F3NO3S. The van der Waals surface area contributed by atoms with Crippen LogP contribution in [0.1, 0.15) is 22.5 Å². The van der Waals surface area contributed by atoms with Crippen molar-refractivity contribution in [1.82, 2.24) is 5.32 Å². The van der Waals surface area contributed by atoms with Gasteiger partial charge in [-0.05, 0) is 47.5 Å². The third-order valence-electron chi connectivity index (χ3n) is 3.98. The Morgan fingerprint density at radius 2 is 2.04 bits per heavy atom. The summed E-state index contributed by atoms with van der Waals surface area (Å²) < 4.78 is 45.9. The summed E-state index contributed by atoms with van der Waals surface area (Å²) in [6.45, 7) is 1.67. The maximum atomic E-state index is 12.2. The minimum absolute atomic E-state index is 0.0173. The van der Waals surface area contributed by atoms with Crippen molar-refractivity contribution in [1.29, 1.82) is 0 Å². The van der Waals surface area contributed by atoms with E-state index < -0.39 is 6.36 Å². The van der Waals surface area contributed by atoms with E-state index in [1.807, 2.05) is 5.38 Å². The van der Waals surface area contributed by atoms with Crippen LogP contribution in [0.3, 0.4) is 0 Å². The van der Waals surface area contributed by atoms with Gasteiger partial charge in [0, 0.05) is 13.2 Å². The number of carbonyl (C=O) groups excluding carboxylic acids is 1. The van der Waals surface area contributed by atoms with E-state index in [2.05, 4.69) is 10.1 Å². The number of hydrogen-bond donors (Lipinski definition) is 1. The highest BCUT2D eigenvalue weighted by atomic mass is 32.1. The number of rotatable bonds is 7. The Morgan fingerprint density at radius 1 is 1.27 bits per heavy atom. The highest BCUT2D eigenvalue weighted by molar-refractivity contribution is 7.12.